The molecular formula is C17H17FN2O2. The first kappa shape index (κ1) is 14.5. The average molecular weight is 300 g/mol. The summed E-state index contributed by atoms with van der Waals surface area (Å²) in [7, 11) is 0. The van der Waals surface area contributed by atoms with Crippen LogP contribution in [0.4, 0.5) is 10.1 Å². The third-order valence-corrected chi connectivity index (χ3v) is 4.06. The van der Waals surface area contributed by atoms with E-state index in [4.69, 9.17) is 5.11 Å². The van der Waals surface area contributed by atoms with Crippen LogP contribution in [-0.4, -0.2) is 29.1 Å². The molecule has 1 N–H and O–H groups in total. The summed E-state index contributed by atoms with van der Waals surface area (Å²) in [5.74, 6) is -1.53. The lowest BCUT2D eigenvalue weighted by Crippen LogP contribution is -2.38. The van der Waals surface area contributed by atoms with Crippen molar-refractivity contribution in [1.82, 2.24) is 4.98 Å². The minimum absolute atomic E-state index is 0.303. The van der Waals surface area contributed by atoms with Crippen LogP contribution in [0.5, 0.6) is 0 Å². The Morgan fingerprint density at radius 1 is 1.23 bits per heavy atom. The molecule has 3 rings (SSSR count). The van der Waals surface area contributed by atoms with Gasteiger partial charge in [-0.15, -0.1) is 0 Å². The van der Waals surface area contributed by atoms with Crippen molar-refractivity contribution in [2.45, 2.75) is 12.8 Å². The molecule has 1 aliphatic rings. The lowest BCUT2D eigenvalue weighted by molar-refractivity contribution is -0.141. The zero-order chi connectivity index (χ0) is 15.5. The summed E-state index contributed by atoms with van der Waals surface area (Å²) in [6, 6.07) is 10.9. The second-order valence-electron chi connectivity index (χ2n) is 5.54. The number of carboxylic acids is 1. The predicted molar refractivity (Wildman–Crippen MR) is 82.2 cm³/mol. The van der Waals surface area contributed by atoms with Crippen molar-refractivity contribution in [2.24, 2.45) is 5.92 Å². The highest BCUT2D eigenvalue weighted by Gasteiger charge is 2.25. The molecule has 1 atom stereocenters. The molecule has 0 spiro atoms. The average Bonchev–Trinajstić information content (AvgIpc) is 2.55. The molecule has 22 heavy (non-hydrogen) atoms. The fraction of sp³-hybridized carbons (Fsp3) is 0.294. The lowest BCUT2D eigenvalue weighted by atomic mass is 9.97. The second-order valence-corrected chi connectivity index (χ2v) is 5.54. The van der Waals surface area contributed by atoms with Crippen molar-refractivity contribution in [2.75, 3.05) is 18.0 Å². The SMILES string of the molecule is O=C(O)[C@H]1CCCN(c2ccc(-c3ccnc(F)c3)cc2)C1. The lowest BCUT2D eigenvalue weighted by Gasteiger charge is -2.32. The number of halogens is 1. The van der Waals surface area contributed by atoms with Crippen molar-refractivity contribution in [3.8, 4) is 11.1 Å². The maximum Gasteiger partial charge on any atom is 0.308 e. The fourth-order valence-electron chi connectivity index (χ4n) is 2.86. The third kappa shape index (κ3) is 3.08. The molecule has 0 amide bonds. The Balaban J connectivity index is 1.78. The summed E-state index contributed by atoms with van der Waals surface area (Å²) in [5, 5.41) is 9.15. The van der Waals surface area contributed by atoms with Crippen molar-refractivity contribution in [3.63, 3.8) is 0 Å². The van der Waals surface area contributed by atoms with E-state index in [-0.39, 0.29) is 5.92 Å². The van der Waals surface area contributed by atoms with Gasteiger partial charge in [-0.1, -0.05) is 12.1 Å². The number of hydrogen-bond acceptors (Lipinski definition) is 3. The first-order valence-corrected chi connectivity index (χ1v) is 7.33. The smallest absolute Gasteiger partial charge is 0.308 e. The van der Waals surface area contributed by atoms with E-state index < -0.39 is 11.9 Å². The molecule has 0 radical (unpaired) electrons. The Kier molecular flexibility index (Phi) is 4.04. The van der Waals surface area contributed by atoms with Crippen LogP contribution < -0.4 is 4.90 Å². The summed E-state index contributed by atoms with van der Waals surface area (Å²) < 4.78 is 13.2. The normalized spacial score (nSPS) is 18.2. The Hall–Kier alpha value is -2.43. The third-order valence-electron chi connectivity index (χ3n) is 4.06. The summed E-state index contributed by atoms with van der Waals surface area (Å²) in [4.78, 5) is 16.8. The van der Waals surface area contributed by atoms with Gasteiger partial charge in [-0.05, 0) is 42.2 Å². The maximum atomic E-state index is 13.2. The van der Waals surface area contributed by atoms with Crippen molar-refractivity contribution < 1.29 is 14.3 Å². The number of aliphatic carboxylic acids is 1. The molecular weight excluding hydrogens is 283 g/mol. The Bertz CT molecular complexity index is 673. The van der Waals surface area contributed by atoms with Gasteiger partial charge in [0, 0.05) is 31.0 Å². The van der Waals surface area contributed by atoms with Crippen LogP contribution in [0.3, 0.4) is 0 Å². The largest absolute Gasteiger partial charge is 0.481 e. The molecule has 1 saturated heterocycles. The van der Waals surface area contributed by atoms with Crippen LogP contribution in [0, 0.1) is 11.9 Å². The van der Waals surface area contributed by atoms with E-state index >= 15 is 0 Å². The van der Waals surface area contributed by atoms with Gasteiger partial charge in [0.05, 0.1) is 5.92 Å². The molecule has 114 valence electrons. The quantitative estimate of drug-likeness (QED) is 0.885. The molecule has 1 aromatic heterocycles. The van der Waals surface area contributed by atoms with Gasteiger partial charge < -0.3 is 10.0 Å². The molecule has 5 heteroatoms. The van der Waals surface area contributed by atoms with Crippen molar-refractivity contribution in [1.29, 1.82) is 0 Å². The Morgan fingerprint density at radius 2 is 2.00 bits per heavy atom. The summed E-state index contributed by atoms with van der Waals surface area (Å²) >= 11 is 0. The molecule has 1 aromatic carbocycles. The maximum absolute atomic E-state index is 13.2. The van der Waals surface area contributed by atoms with Gasteiger partial charge >= 0.3 is 5.97 Å². The first-order chi connectivity index (χ1) is 10.6. The van der Waals surface area contributed by atoms with Gasteiger partial charge in [0.15, 0.2) is 0 Å². The van der Waals surface area contributed by atoms with Gasteiger partial charge in [-0.3, -0.25) is 4.79 Å². The van der Waals surface area contributed by atoms with Crippen LogP contribution in [0.15, 0.2) is 42.6 Å². The number of hydrogen-bond donors (Lipinski definition) is 1. The van der Waals surface area contributed by atoms with E-state index in [0.29, 0.717) is 6.54 Å². The van der Waals surface area contributed by atoms with E-state index in [1.165, 1.54) is 12.3 Å². The number of anilines is 1. The van der Waals surface area contributed by atoms with Gasteiger partial charge in [0.1, 0.15) is 0 Å². The van der Waals surface area contributed by atoms with E-state index in [1.54, 1.807) is 6.07 Å². The van der Waals surface area contributed by atoms with Crippen molar-refractivity contribution >= 4 is 11.7 Å². The minimum atomic E-state index is -0.728. The van der Waals surface area contributed by atoms with Gasteiger partial charge in [0.25, 0.3) is 0 Å². The summed E-state index contributed by atoms with van der Waals surface area (Å²) in [6.45, 7) is 1.41. The molecule has 1 aliphatic heterocycles. The predicted octanol–water partition coefficient (Wildman–Crippen LogP) is 3.19. The number of rotatable bonds is 3. The molecule has 0 unspecified atom stereocenters. The van der Waals surface area contributed by atoms with Crippen LogP contribution in [-0.2, 0) is 4.79 Å². The summed E-state index contributed by atoms with van der Waals surface area (Å²) in [6.07, 6.45) is 3.06. The number of carboxylic acid groups (broad SMARTS) is 1. The minimum Gasteiger partial charge on any atom is -0.481 e. The van der Waals surface area contributed by atoms with Crippen LogP contribution in [0.25, 0.3) is 11.1 Å². The number of pyridine rings is 1. The first-order valence-electron chi connectivity index (χ1n) is 7.33. The van der Waals surface area contributed by atoms with Gasteiger partial charge in [-0.25, -0.2) is 4.98 Å². The van der Waals surface area contributed by atoms with Gasteiger partial charge in [0.2, 0.25) is 5.95 Å². The molecule has 2 heterocycles. The van der Waals surface area contributed by atoms with E-state index in [2.05, 4.69) is 9.88 Å². The Morgan fingerprint density at radius 3 is 2.68 bits per heavy atom. The topological polar surface area (TPSA) is 53.4 Å². The number of benzene rings is 1. The molecule has 4 nitrogen and oxygen atoms in total. The van der Waals surface area contributed by atoms with Crippen LogP contribution in [0.2, 0.25) is 0 Å². The van der Waals surface area contributed by atoms with Gasteiger partial charge in [-0.2, -0.15) is 4.39 Å². The zero-order valence-corrected chi connectivity index (χ0v) is 12.1. The molecule has 0 bridgehead atoms. The number of nitrogens with zero attached hydrogens (tertiary/aromatic N) is 2. The van der Waals surface area contributed by atoms with E-state index in [0.717, 1.165) is 36.2 Å². The number of aromatic nitrogens is 1. The zero-order valence-electron chi connectivity index (χ0n) is 12.1. The number of carbonyl (C=O) groups is 1. The monoisotopic (exact) mass is 300 g/mol. The summed E-state index contributed by atoms with van der Waals surface area (Å²) in [5.41, 5.74) is 2.70. The number of piperidine rings is 1. The van der Waals surface area contributed by atoms with E-state index in [1.807, 2.05) is 24.3 Å². The fourth-order valence-corrected chi connectivity index (χ4v) is 2.86. The highest BCUT2D eigenvalue weighted by Crippen LogP contribution is 2.26. The molecule has 0 saturated carbocycles. The Labute approximate surface area is 128 Å². The molecule has 1 fully saturated rings. The molecule has 0 aliphatic carbocycles. The highest BCUT2D eigenvalue weighted by molar-refractivity contribution is 5.72. The van der Waals surface area contributed by atoms with E-state index in [9.17, 15) is 9.18 Å². The highest BCUT2D eigenvalue weighted by atomic mass is 19.1. The standard InChI is InChI=1S/C17H17FN2O2/c18-16-10-13(7-8-19-16)12-3-5-15(6-4-12)20-9-1-2-14(11-20)17(21)22/h3-8,10,14H,1-2,9,11H2,(H,21,22)/t14-/m0/s1. The van der Waals surface area contributed by atoms with Crippen molar-refractivity contribution in [3.05, 3.63) is 48.5 Å². The molecule has 2 aromatic rings. The van der Waals surface area contributed by atoms with Crippen LogP contribution >= 0.6 is 0 Å². The van der Waals surface area contributed by atoms with Crippen LogP contribution in [0.1, 0.15) is 12.8 Å². The second kappa shape index (κ2) is 6.13.